The number of rotatable bonds is 3. The predicted molar refractivity (Wildman–Crippen MR) is 65.6 cm³/mol. The van der Waals surface area contributed by atoms with E-state index in [1.807, 2.05) is 43.3 Å². The lowest BCUT2D eigenvalue weighted by atomic mass is 10.1. The summed E-state index contributed by atoms with van der Waals surface area (Å²) in [5.41, 5.74) is 1.71. The van der Waals surface area contributed by atoms with Gasteiger partial charge in [0.2, 0.25) is 0 Å². The smallest absolute Gasteiger partial charge is 0.328 e. The second-order valence-electron chi connectivity index (χ2n) is 3.67. The molecule has 2 rings (SSSR count). The van der Waals surface area contributed by atoms with Gasteiger partial charge in [0, 0.05) is 11.6 Å². The van der Waals surface area contributed by atoms with E-state index in [2.05, 4.69) is 0 Å². The highest BCUT2D eigenvalue weighted by atomic mass is 16.4. The highest BCUT2D eigenvalue weighted by molar-refractivity contribution is 5.87. The van der Waals surface area contributed by atoms with Gasteiger partial charge in [-0.3, -0.25) is 0 Å². The van der Waals surface area contributed by atoms with Crippen molar-refractivity contribution < 1.29 is 14.3 Å². The third-order valence-corrected chi connectivity index (χ3v) is 2.37. The number of aryl methyl sites for hydroxylation is 1. The first-order valence-electron chi connectivity index (χ1n) is 5.23. The Morgan fingerprint density at radius 1 is 1.24 bits per heavy atom. The zero-order chi connectivity index (χ0) is 12.3. The molecule has 0 saturated carbocycles. The number of carbonyl (C=O) groups is 1. The first-order chi connectivity index (χ1) is 8.16. The largest absolute Gasteiger partial charge is 0.478 e. The van der Waals surface area contributed by atoms with Crippen molar-refractivity contribution in [3.05, 3.63) is 53.8 Å². The van der Waals surface area contributed by atoms with Crippen LogP contribution in [0.2, 0.25) is 0 Å². The number of hydrogen-bond acceptors (Lipinski definition) is 2. The number of hydrogen-bond donors (Lipinski definition) is 1. The maximum Gasteiger partial charge on any atom is 0.328 e. The summed E-state index contributed by atoms with van der Waals surface area (Å²) < 4.78 is 5.54. The number of benzene rings is 1. The topological polar surface area (TPSA) is 50.4 Å². The van der Waals surface area contributed by atoms with E-state index in [4.69, 9.17) is 9.52 Å². The average Bonchev–Trinajstić information content (AvgIpc) is 2.73. The van der Waals surface area contributed by atoms with Crippen molar-refractivity contribution in [3.8, 4) is 11.3 Å². The molecule has 1 aromatic carbocycles. The van der Waals surface area contributed by atoms with Crippen LogP contribution in [-0.2, 0) is 4.79 Å². The van der Waals surface area contributed by atoms with Gasteiger partial charge in [0.15, 0.2) is 0 Å². The maximum absolute atomic E-state index is 10.5. The summed E-state index contributed by atoms with van der Waals surface area (Å²) in [7, 11) is 0. The molecule has 3 heteroatoms. The molecule has 1 N–H and O–H groups in total. The third-order valence-electron chi connectivity index (χ3n) is 2.37. The Bertz CT molecular complexity index is 564. The molecule has 0 aliphatic carbocycles. The summed E-state index contributed by atoms with van der Waals surface area (Å²) in [6.07, 6.45) is 2.68. The summed E-state index contributed by atoms with van der Waals surface area (Å²) in [4.78, 5) is 10.5. The predicted octanol–water partition coefficient (Wildman–Crippen LogP) is 3.35. The van der Waals surface area contributed by atoms with Gasteiger partial charge in [-0.15, -0.1) is 0 Å². The van der Waals surface area contributed by atoms with Gasteiger partial charge in [0.25, 0.3) is 0 Å². The van der Waals surface area contributed by atoms with Crippen LogP contribution in [0.15, 0.2) is 46.9 Å². The third kappa shape index (κ3) is 2.64. The fraction of sp³-hybridized carbons (Fsp3) is 0.0714. The second kappa shape index (κ2) is 4.70. The van der Waals surface area contributed by atoms with Crippen molar-refractivity contribution in [2.75, 3.05) is 0 Å². The fourth-order valence-corrected chi connectivity index (χ4v) is 1.61. The van der Waals surface area contributed by atoms with Gasteiger partial charge < -0.3 is 9.52 Å². The Balaban J connectivity index is 2.44. The summed E-state index contributed by atoms with van der Waals surface area (Å²) >= 11 is 0. The molecular weight excluding hydrogens is 216 g/mol. The Labute approximate surface area is 99.0 Å². The second-order valence-corrected chi connectivity index (χ2v) is 3.67. The molecule has 2 aromatic rings. The molecule has 3 nitrogen and oxygen atoms in total. The van der Waals surface area contributed by atoms with E-state index in [9.17, 15) is 4.79 Å². The van der Waals surface area contributed by atoms with Gasteiger partial charge in [-0.2, -0.15) is 0 Å². The molecular formula is C14H12O3. The molecule has 0 atom stereocenters. The van der Waals surface area contributed by atoms with E-state index in [-0.39, 0.29) is 0 Å². The minimum Gasteiger partial charge on any atom is -0.478 e. The van der Waals surface area contributed by atoms with Gasteiger partial charge in [-0.05, 0) is 30.7 Å². The van der Waals surface area contributed by atoms with E-state index >= 15 is 0 Å². The summed E-state index contributed by atoms with van der Waals surface area (Å²) in [5, 5.41) is 8.63. The zero-order valence-electron chi connectivity index (χ0n) is 9.38. The first kappa shape index (κ1) is 11.2. The highest BCUT2D eigenvalue weighted by Crippen LogP contribution is 2.26. The molecule has 17 heavy (non-hydrogen) atoms. The lowest BCUT2D eigenvalue weighted by Gasteiger charge is -2.02. The quantitative estimate of drug-likeness (QED) is 0.819. The average molecular weight is 228 g/mol. The van der Waals surface area contributed by atoms with Crippen molar-refractivity contribution in [1.29, 1.82) is 0 Å². The zero-order valence-corrected chi connectivity index (χ0v) is 9.38. The molecule has 0 fully saturated rings. The van der Waals surface area contributed by atoms with Crippen molar-refractivity contribution in [2.24, 2.45) is 0 Å². The van der Waals surface area contributed by atoms with Gasteiger partial charge in [0.05, 0.1) is 0 Å². The molecule has 86 valence electrons. The number of carboxylic acids is 1. The van der Waals surface area contributed by atoms with E-state index in [1.165, 1.54) is 0 Å². The molecule has 0 radical (unpaired) electrons. The van der Waals surface area contributed by atoms with E-state index in [1.54, 1.807) is 6.08 Å². The van der Waals surface area contributed by atoms with E-state index < -0.39 is 5.97 Å². The van der Waals surface area contributed by atoms with E-state index in [0.717, 1.165) is 28.7 Å². The molecule has 1 aromatic heterocycles. The van der Waals surface area contributed by atoms with Crippen molar-refractivity contribution >= 4 is 12.0 Å². The molecule has 0 amide bonds. The van der Waals surface area contributed by atoms with Crippen molar-refractivity contribution in [3.63, 3.8) is 0 Å². The molecule has 0 unspecified atom stereocenters. The van der Waals surface area contributed by atoms with Gasteiger partial charge in [-0.1, -0.05) is 24.3 Å². The van der Waals surface area contributed by atoms with Crippen LogP contribution in [0, 0.1) is 6.92 Å². The van der Waals surface area contributed by atoms with Crippen LogP contribution in [0.1, 0.15) is 11.3 Å². The molecule has 1 heterocycles. The number of aliphatic carboxylic acids is 1. The van der Waals surface area contributed by atoms with Gasteiger partial charge >= 0.3 is 5.97 Å². The van der Waals surface area contributed by atoms with Gasteiger partial charge in [0.1, 0.15) is 11.5 Å². The number of carboxylic acid groups (broad SMARTS) is 1. The van der Waals surface area contributed by atoms with E-state index in [0.29, 0.717) is 0 Å². The Hall–Kier alpha value is -2.29. The molecule has 0 spiro atoms. The van der Waals surface area contributed by atoms with Crippen LogP contribution in [0.5, 0.6) is 0 Å². The molecule has 0 saturated heterocycles. The lowest BCUT2D eigenvalue weighted by Crippen LogP contribution is -1.87. The summed E-state index contributed by atoms with van der Waals surface area (Å²) in [5.74, 6) is 0.612. The van der Waals surface area contributed by atoms with Crippen molar-refractivity contribution in [2.45, 2.75) is 6.92 Å². The normalized spacial score (nSPS) is 10.9. The highest BCUT2D eigenvalue weighted by Gasteiger charge is 2.06. The van der Waals surface area contributed by atoms with Crippen LogP contribution < -0.4 is 0 Å². The Kier molecular flexibility index (Phi) is 3.10. The van der Waals surface area contributed by atoms with Crippen LogP contribution in [0.25, 0.3) is 17.4 Å². The minimum atomic E-state index is -0.963. The van der Waals surface area contributed by atoms with Crippen molar-refractivity contribution in [1.82, 2.24) is 0 Å². The van der Waals surface area contributed by atoms with Crippen LogP contribution in [0.3, 0.4) is 0 Å². The SMILES string of the molecule is Cc1ccc(-c2ccccc2/C=C/C(=O)O)o1. The minimum absolute atomic E-state index is 0.744. The van der Waals surface area contributed by atoms with Crippen LogP contribution in [-0.4, -0.2) is 11.1 Å². The monoisotopic (exact) mass is 228 g/mol. The number of furan rings is 1. The maximum atomic E-state index is 10.5. The summed E-state index contributed by atoms with van der Waals surface area (Å²) in [6.45, 7) is 1.87. The Morgan fingerprint density at radius 3 is 2.65 bits per heavy atom. The summed E-state index contributed by atoms with van der Waals surface area (Å²) in [6, 6.07) is 11.3. The molecule has 0 bridgehead atoms. The first-order valence-corrected chi connectivity index (χ1v) is 5.23. The Morgan fingerprint density at radius 2 is 2.00 bits per heavy atom. The van der Waals surface area contributed by atoms with Crippen LogP contribution >= 0.6 is 0 Å². The molecule has 0 aliphatic heterocycles. The lowest BCUT2D eigenvalue weighted by molar-refractivity contribution is -0.131. The standard InChI is InChI=1S/C14H12O3/c1-10-6-8-13(17-10)12-5-3-2-4-11(12)7-9-14(15)16/h2-9H,1H3,(H,15,16)/b9-7+. The molecule has 0 aliphatic rings. The van der Waals surface area contributed by atoms with Gasteiger partial charge in [-0.25, -0.2) is 4.79 Å². The van der Waals surface area contributed by atoms with Crippen LogP contribution in [0.4, 0.5) is 0 Å². The fourth-order valence-electron chi connectivity index (χ4n) is 1.61.